The molecule has 1 unspecified atom stereocenters. The second-order valence-electron chi connectivity index (χ2n) is 6.61. The summed E-state index contributed by atoms with van der Waals surface area (Å²) in [5.74, 6) is -0.626. The van der Waals surface area contributed by atoms with Gasteiger partial charge < -0.3 is 15.0 Å². The zero-order valence-electron chi connectivity index (χ0n) is 15.2. The van der Waals surface area contributed by atoms with Crippen molar-refractivity contribution >= 4 is 29.1 Å². The molecule has 148 valence electrons. The highest BCUT2D eigenvalue weighted by Crippen LogP contribution is 2.30. The SMILES string of the molecule is CC1(c2ccc(OC(F)F)cc2)NC(=O)N(/N=C/c2c[nH]c3ccccc23)C1=O. The number of hydrazone groups is 1. The highest BCUT2D eigenvalue weighted by molar-refractivity contribution is 6.08. The Morgan fingerprint density at radius 3 is 2.59 bits per heavy atom. The molecule has 0 radical (unpaired) electrons. The van der Waals surface area contributed by atoms with E-state index in [9.17, 15) is 18.4 Å². The minimum Gasteiger partial charge on any atom is -0.435 e. The lowest BCUT2D eigenvalue weighted by molar-refractivity contribution is -0.131. The van der Waals surface area contributed by atoms with Crippen molar-refractivity contribution in [1.82, 2.24) is 15.3 Å². The molecule has 0 bridgehead atoms. The van der Waals surface area contributed by atoms with Crippen molar-refractivity contribution in [2.24, 2.45) is 5.10 Å². The average molecular weight is 398 g/mol. The maximum absolute atomic E-state index is 12.9. The fraction of sp³-hybridized carbons (Fsp3) is 0.150. The van der Waals surface area contributed by atoms with Gasteiger partial charge in [0.1, 0.15) is 11.3 Å². The summed E-state index contributed by atoms with van der Waals surface area (Å²) in [5.41, 5.74) is 0.672. The van der Waals surface area contributed by atoms with E-state index in [1.54, 1.807) is 6.20 Å². The molecular formula is C20H16F2N4O3. The van der Waals surface area contributed by atoms with Crippen LogP contribution in [0.4, 0.5) is 13.6 Å². The molecule has 7 nitrogen and oxygen atoms in total. The van der Waals surface area contributed by atoms with Gasteiger partial charge in [-0.05, 0) is 30.7 Å². The van der Waals surface area contributed by atoms with Crippen LogP contribution in [0.5, 0.6) is 5.75 Å². The first-order valence-electron chi connectivity index (χ1n) is 8.70. The molecular weight excluding hydrogens is 382 g/mol. The molecule has 1 saturated heterocycles. The molecule has 29 heavy (non-hydrogen) atoms. The summed E-state index contributed by atoms with van der Waals surface area (Å²) >= 11 is 0. The Morgan fingerprint density at radius 1 is 1.14 bits per heavy atom. The second kappa shape index (κ2) is 7.01. The Morgan fingerprint density at radius 2 is 1.86 bits per heavy atom. The molecule has 2 heterocycles. The third kappa shape index (κ3) is 3.31. The Hall–Kier alpha value is -3.75. The maximum Gasteiger partial charge on any atom is 0.387 e. The third-order valence-corrected chi connectivity index (χ3v) is 4.76. The molecule has 9 heteroatoms. The van der Waals surface area contributed by atoms with E-state index in [1.165, 1.54) is 37.4 Å². The van der Waals surface area contributed by atoms with Crippen molar-refractivity contribution < 1.29 is 23.1 Å². The molecule has 0 saturated carbocycles. The van der Waals surface area contributed by atoms with Crippen LogP contribution in [0.1, 0.15) is 18.1 Å². The van der Waals surface area contributed by atoms with Gasteiger partial charge in [0.15, 0.2) is 0 Å². The van der Waals surface area contributed by atoms with E-state index >= 15 is 0 Å². The summed E-state index contributed by atoms with van der Waals surface area (Å²) in [6.45, 7) is -1.42. The molecule has 1 fully saturated rings. The standard InChI is InChI=1S/C20H16F2N4O3/c1-20(13-6-8-14(9-7-13)29-18(21)22)17(27)26(19(28)25-20)24-11-12-10-23-16-5-3-2-4-15(12)16/h2-11,18,23H,1H3,(H,25,28)/b24-11+. The number of para-hydroxylation sites is 1. The number of aromatic amines is 1. The van der Waals surface area contributed by atoms with E-state index in [4.69, 9.17) is 0 Å². The number of urea groups is 1. The number of H-pyrrole nitrogens is 1. The Kier molecular flexibility index (Phi) is 4.50. The van der Waals surface area contributed by atoms with Crippen LogP contribution in [-0.2, 0) is 10.3 Å². The third-order valence-electron chi connectivity index (χ3n) is 4.76. The van der Waals surface area contributed by atoms with E-state index in [1.807, 2.05) is 24.3 Å². The van der Waals surface area contributed by atoms with Crippen LogP contribution in [0.2, 0.25) is 0 Å². The number of carbonyl (C=O) groups excluding carboxylic acids is 2. The average Bonchev–Trinajstić information content (AvgIpc) is 3.20. The lowest BCUT2D eigenvalue weighted by Gasteiger charge is -2.21. The molecule has 3 aromatic rings. The Balaban J connectivity index is 1.58. The zero-order chi connectivity index (χ0) is 20.6. The first-order chi connectivity index (χ1) is 13.9. The Labute approximate surface area is 164 Å². The predicted octanol–water partition coefficient (Wildman–Crippen LogP) is 3.57. The number of nitrogens with zero attached hydrogens (tertiary/aromatic N) is 2. The largest absolute Gasteiger partial charge is 0.435 e. The van der Waals surface area contributed by atoms with Gasteiger partial charge in [-0.2, -0.15) is 13.9 Å². The van der Waals surface area contributed by atoms with Gasteiger partial charge in [-0.1, -0.05) is 30.3 Å². The molecule has 1 atom stereocenters. The number of carbonyl (C=O) groups is 2. The number of alkyl halides is 2. The van der Waals surface area contributed by atoms with E-state index in [-0.39, 0.29) is 5.75 Å². The minimum atomic E-state index is -2.95. The fourth-order valence-electron chi connectivity index (χ4n) is 3.22. The normalized spacial score (nSPS) is 19.5. The van der Waals surface area contributed by atoms with E-state index < -0.39 is 24.1 Å². The summed E-state index contributed by atoms with van der Waals surface area (Å²) in [7, 11) is 0. The van der Waals surface area contributed by atoms with Crippen LogP contribution in [0, 0.1) is 0 Å². The van der Waals surface area contributed by atoms with Gasteiger partial charge in [0.2, 0.25) is 0 Å². The molecule has 0 aliphatic carbocycles. The van der Waals surface area contributed by atoms with Gasteiger partial charge in [0.05, 0.1) is 6.21 Å². The van der Waals surface area contributed by atoms with Crippen LogP contribution in [0.25, 0.3) is 10.9 Å². The van der Waals surface area contributed by atoms with Crippen molar-refractivity contribution in [2.75, 3.05) is 0 Å². The number of imide groups is 1. The second-order valence-corrected chi connectivity index (χ2v) is 6.61. The van der Waals surface area contributed by atoms with Crippen LogP contribution in [0.15, 0.2) is 59.8 Å². The van der Waals surface area contributed by atoms with Crippen molar-refractivity contribution in [3.8, 4) is 5.75 Å². The van der Waals surface area contributed by atoms with Gasteiger partial charge in [0.25, 0.3) is 5.91 Å². The summed E-state index contributed by atoms with van der Waals surface area (Å²) < 4.78 is 28.9. The topological polar surface area (TPSA) is 86.8 Å². The van der Waals surface area contributed by atoms with E-state index in [2.05, 4.69) is 20.1 Å². The fourth-order valence-corrected chi connectivity index (χ4v) is 3.22. The number of rotatable bonds is 5. The molecule has 0 spiro atoms. The van der Waals surface area contributed by atoms with Crippen molar-refractivity contribution in [1.29, 1.82) is 0 Å². The highest BCUT2D eigenvalue weighted by atomic mass is 19.3. The number of amides is 3. The summed E-state index contributed by atoms with van der Waals surface area (Å²) in [6.07, 6.45) is 3.16. The van der Waals surface area contributed by atoms with Gasteiger partial charge in [0, 0.05) is 22.7 Å². The number of benzene rings is 2. The summed E-state index contributed by atoms with van der Waals surface area (Å²) in [4.78, 5) is 28.3. The molecule has 1 aliphatic heterocycles. The minimum absolute atomic E-state index is 0.0432. The number of nitrogens with one attached hydrogen (secondary N) is 2. The maximum atomic E-state index is 12.9. The number of hydrogen-bond acceptors (Lipinski definition) is 4. The van der Waals surface area contributed by atoms with Crippen LogP contribution >= 0.6 is 0 Å². The Bertz CT molecular complexity index is 1110. The van der Waals surface area contributed by atoms with Gasteiger partial charge >= 0.3 is 12.6 Å². The van der Waals surface area contributed by atoms with Crippen LogP contribution < -0.4 is 10.1 Å². The van der Waals surface area contributed by atoms with Crippen LogP contribution in [-0.4, -0.2) is 34.8 Å². The quantitative estimate of drug-likeness (QED) is 0.509. The van der Waals surface area contributed by atoms with Gasteiger partial charge in [-0.15, -0.1) is 5.01 Å². The molecule has 2 aromatic carbocycles. The van der Waals surface area contributed by atoms with Gasteiger partial charge in [-0.25, -0.2) is 4.79 Å². The molecule has 1 aromatic heterocycles. The highest BCUT2D eigenvalue weighted by Gasteiger charge is 2.49. The molecule has 1 aliphatic rings. The lowest BCUT2D eigenvalue weighted by Crippen LogP contribution is -2.40. The molecule has 2 N–H and O–H groups in total. The molecule has 4 rings (SSSR count). The first kappa shape index (κ1) is 18.6. The van der Waals surface area contributed by atoms with E-state index in [0.717, 1.165) is 21.5 Å². The monoisotopic (exact) mass is 398 g/mol. The smallest absolute Gasteiger partial charge is 0.387 e. The van der Waals surface area contributed by atoms with Crippen molar-refractivity contribution in [2.45, 2.75) is 19.1 Å². The number of halogens is 2. The number of hydrogen-bond donors (Lipinski definition) is 2. The number of fused-ring (bicyclic) bond motifs is 1. The predicted molar refractivity (Wildman–Crippen MR) is 102 cm³/mol. The number of ether oxygens (including phenoxy) is 1. The first-order valence-corrected chi connectivity index (χ1v) is 8.70. The van der Waals surface area contributed by atoms with Crippen molar-refractivity contribution in [3.63, 3.8) is 0 Å². The molecule has 3 amide bonds. The van der Waals surface area contributed by atoms with E-state index in [0.29, 0.717) is 5.56 Å². The lowest BCUT2D eigenvalue weighted by atomic mass is 9.92. The summed E-state index contributed by atoms with van der Waals surface area (Å²) in [6, 6.07) is 12.4. The van der Waals surface area contributed by atoms with Crippen LogP contribution in [0.3, 0.4) is 0 Å². The summed E-state index contributed by atoms with van der Waals surface area (Å²) in [5, 5.41) is 8.32. The van der Waals surface area contributed by atoms with Crippen molar-refractivity contribution in [3.05, 3.63) is 65.9 Å². The van der Waals surface area contributed by atoms with Gasteiger partial charge in [-0.3, -0.25) is 4.79 Å². The number of aromatic nitrogens is 1. The zero-order valence-corrected chi connectivity index (χ0v) is 15.2.